The lowest BCUT2D eigenvalue weighted by molar-refractivity contribution is 0.250. The van der Waals surface area contributed by atoms with E-state index in [0.29, 0.717) is 13.2 Å². The van der Waals surface area contributed by atoms with Crippen LogP contribution in [0.3, 0.4) is 0 Å². The van der Waals surface area contributed by atoms with Gasteiger partial charge in [0.2, 0.25) is 0 Å². The summed E-state index contributed by atoms with van der Waals surface area (Å²) in [5, 5.41) is 0. The van der Waals surface area contributed by atoms with Crippen LogP contribution in [-0.4, -0.2) is 13.2 Å². The molecule has 14 heavy (non-hydrogen) atoms. The molecule has 0 rings (SSSR count). The molecule has 0 aromatic rings. The van der Waals surface area contributed by atoms with Gasteiger partial charge in [0.15, 0.2) is 0 Å². The van der Waals surface area contributed by atoms with Crippen LogP contribution >= 0.6 is 6.12 Å². The minimum atomic E-state index is -2.35. The molecule has 0 fully saturated rings. The van der Waals surface area contributed by atoms with Gasteiger partial charge in [0, 0.05) is 6.12 Å². The Morgan fingerprint density at radius 1 is 0.857 bits per heavy atom. The first-order valence-electron chi connectivity index (χ1n) is 5.22. The zero-order valence-electron chi connectivity index (χ0n) is 9.03. The first-order valence-corrected chi connectivity index (χ1v) is 8.87. The van der Waals surface area contributed by atoms with Gasteiger partial charge in [0.05, 0.1) is 13.2 Å². The van der Waals surface area contributed by atoms with Crippen LogP contribution in [0.2, 0.25) is 0 Å². The van der Waals surface area contributed by atoms with Crippen molar-refractivity contribution in [2.45, 2.75) is 46.0 Å². The van der Waals surface area contributed by atoms with Crippen LogP contribution in [-0.2, 0) is 33.5 Å². The van der Waals surface area contributed by atoms with Gasteiger partial charge < -0.3 is 24.5 Å². The Kier molecular flexibility index (Phi) is 9.99. The average molecular weight is 255 g/mol. The molecule has 0 aliphatic carbocycles. The zero-order valence-corrected chi connectivity index (χ0v) is 11.6. The molecule has 0 atom stereocenters. The summed E-state index contributed by atoms with van der Waals surface area (Å²) < 4.78 is 10.8. The van der Waals surface area contributed by atoms with E-state index in [0.717, 1.165) is 19.3 Å². The van der Waals surface area contributed by atoms with Crippen molar-refractivity contribution in [3.63, 3.8) is 0 Å². The molecule has 0 radical (unpaired) electrons. The van der Waals surface area contributed by atoms with E-state index in [1.54, 1.807) is 0 Å². The lowest BCUT2D eigenvalue weighted by atomic mass is 10.3. The van der Waals surface area contributed by atoms with Crippen molar-refractivity contribution in [3.8, 4) is 0 Å². The summed E-state index contributed by atoms with van der Waals surface area (Å²) in [5.41, 5.74) is 0. The van der Waals surface area contributed by atoms with Gasteiger partial charge in [-0.05, 0) is 12.8 Å². The standard InChI is InChI=1S/C9H21O2PS2/c1-3-5-7-9-11-12(13,14)10-8-6-4-2/h3-9H2,1-2H3,(H,13,14)/p-1. The molecule has 86 valence electrons. The van der Waals surface area contributed by atoms with E-state index in [2.05, 4.69) is 13.8 Å². The molecule has 0 heterocycles. The maximum atomic E-state index is 5.40. The third-order valence-corrected chi connectivity index (χ3v) is 4.01. The Morgan fingerprint density at radius 3 is 1.86 bits per heavy atom. The van der Waals surface area contributed by atoms with Crippen LogP contribution in [0.1, 0.15) is 46.0 Å². The minimum Gasteiger partial charge on any atom is -0.516 e. The molecule has 0 aromatic carbocycles. The maximum Gasteiger partial charge on any atom is 0.0892 e. The summed E-state index contributed by atoms with van der Waals surface area (Å²) in [6.07, 6.45) is 3.14. The van der Waals surface area contributed by atoms with Crippen LogP contribution in [0, 0.1) is 0 Å². The molecular formula is C9H20O2PS2-. The summed E-state index contributed by atoms with van der Waals surface area (Å²) in [4.78, 5) is 0. The highest BCUT2D eigenvalue weighted by Crippen LogP contribution is 2.56. The van der Waals surface area contributed by atoms with E-state index in [4.69, 9.17) is 33.5 Å². The second-order valence-electron chi connectivity index (χ2n) is 3.17. The fourth-order valence-electron chi connectivity index (χ4n) is 0.886. The van der Waals surface area contributed by atoms with Gasteiger partial charge in [0.1, 0.15) is 0 Å². The van der Waals surface area contributed by atoms with Gasteiger partial charge >= 0.3 is 0 Å². The highest BCUT2D eigenvalue weighted by Gasteiger charge is 2.09. The highest BCUT2D eigenvalue weighted by molar-refractivity contribution is 8.69. The van der Waals surface area contributed by atoms with Gasteiger partial charge in [0.25, 0.3) is 0 Å². The molecule has 0 amide bonds. The molecule has 0 aliphatic rings. The normalized spacial score (nSPS) is 12.0. The predicted molar refractivity (Wildman–Crippen MR) is 68.0 cm³/mol. The molecule has 0 unspecified atom stereocenters. The largest absolute Gasteiger partial charge is 0.516 e. The third-order valence-electron chi connectivity index (χ3n) is 1.74. The Morgan fingerprint density at radius 2 is 1.36 bits per heavy atom. The zero-order chi connectivity index (χ0) is 10.9. The second kappa shape index (κ2) is 9.29. The fraction of sp³-hybridized carbons (Fsp3) is 1.00. The fourth-order valence-corrected chi connectivity index (χ4v) is 2.56. The molecule has 0 aromatic heterocycles. The van der Waals surface area contributed by atoms with Crippen LogP contribution in [0.5, 0.6) is 0 Å². The lowest BCUT2D eigenvalue weighted by Gasteiger charge is -2.34. The third kappa shape index (κ3) is 9.60. The van der Waals surface area contributed by atoms with Gasteiger partial charge in [-0.25, -0.2) is 0 Å². The van der Waals surface area contributed by atoms with Crippen LogP contribution in [0.4, 0.5) is 0 Å². The summed E-state index contributed by atoms with van der Waals surface area (Å²) in [6, 6.07) is 0. The Balaban J connectivity index is 3.40. The molecule has 0 saturated heterocycles. The second-order valence-corrected chi connectivity index (χ2v) is 8.16. The van der Waals surface area contributed by atoms with E-state index >= 15 is 0 Å². The number of hydrogen-bond donors (Lipinski definition) is 0. The Bertz CT molecular complexity index is 134. The van der Waals surface area contributed by atoms with Crippen molar-refractivity contribution >= 4 is 30.6 Å². The van der Waals surface area contributed by atoms with Crippen molar-refractivity contribution in [2.75, 3.05) is 13.2 Å². The predicted octanol–water partition coefficient (Wildman–Crippen LogP) is 3.78. The number of unbranched alkanes of at least 4 members (excludes halogenated alkanes) is 3. The lowest BCUT2D eigenvalue weighted by Crippen LogP contribution is -2.01. The van der Waals surface area contributed by atoms with Crippen molar-refractivity contribution in [3.05, 3.63) is 0 Å². The molecule has 2 nitrogen and oxygen atoms in total. The smallest absolute Gasteiger partial charge is 0.0892 e. The first kappa shape index (κ1) is 15.0. The van der Waals surface area contributed by atoms with E-state index in [1.165, 1.54) is 12.8 Å². The number of hydrogen-bond acceptors (Lipinski definition) is 4. The van der Waals surface area contributed by atoms with Crippen molar-refractivity contribution in [1.82, 2.24) is 0 Å². The molecule has 0 aliphatic heterocycles. The summed E-state index contributed by atoms with van der Waals surface area (Å²) in [5.74, 6) is 0. The quantitative estimate of drug-likeness (QED) is 0.354. The molecule has 0 saturated carbocycles. The summed E-state index contributed by atoms with van der Waals surface area (Å²) in [6.45, 7) is 5.56. The minimum absolute atomic E-state index is 0.644. The topological polar surface area (TPSA) is 18.5 Å². The van der Waals surface area contributed by atoms with E-state index in [-0.39, 0.29) is 0 Å². The number of rotatable bonds is 9. The van der Waals surface area contributed by atoms with Gasteiger partial charge in [-0.15, -0.1) is 0 Å². The Hall–Kier alpha value is 1.05. The SMILES string of the molecule is CCCCCO[P+]([S-])([S-])OCCCC. The molecule has 0 N–H and O–H groups in total. The van der Waals surface area contributed by atoms with Gasteiger partial charge in [-0.2, -0.15) is 0 Å². The van der Waals surface area contributed by atoms with E-state index in [9.17, 15) is 0 Å². The molecular weight excluding hydrogens is 235 g/mol. The monoisotopic (exact) mass is 255 g/mol. The molecule has 5 heteroatoms. The Labute approximate surface area is 99.0 Å². The first-order chi connectivity index (χ1) is 6.62. The van der Waals surface area contributed by atoms with Crippen LogP contribution < -0.4 is 0 Å². The average Bonchev–Trinajstić information content (AvgIpc) is 2.13. The maximum absolute atomic E-state index is 5.40. The van der Waals surface area contributed by atoms with Crippen molar-refractivity contribution < 1.29 is 9.05 Å². The van der Waals surface area contributed by atoms with Crippen LogP contribution in [0.15, 0.2) is 0 Å². The molecule has 0 spiro atoms. The van der Waals surface area contributed by atoms with E-state index in [1.807, 2.05) is 0 Å². The van der Waals surface area contributed by atoms with Gasteiger partial charge in [-0.1, -0.05) is 33.1 Å². The highest BCUT2D eigenvalue weighted by atomic mass is 33.1. The molecule has 0 bridgehead atoms. The summed E-state index contributed by atoms with van der Waals surface area (Å²) in [7, 11) is 0. The van der Waals surface area contributed by atoms with E-state index < -0.39 is 6.12 Å². The van der Waals surface area contributed by atoms with Crippen LogP contribution in [0.25, 0.3) is 0 Å². The summed E-state index contributed by atoms with van der Waals surface area (Å²) >= 11 is 10.2. The van der Waals surface area contributed by atoms with Crippen molar-refractivity contribution in [1.29, 1.82) is 0 Å². The van der Waals surface area contributed by atoms with Crippen molar-refractivity contribution in [2.24, 2.45) is 0 Å². The van der Waals surface area contributed by atoms with Gasteiger partial charge in [-0.3, -0.25) is 9.05 Å².